The predicted molar refractivity (Wildman–Crippen MR) is 75.9 cm³/mol. The highest BCUT2D eigenvalue weighted by molar-refractivity contribution is 9.10. The third-order valence-electron chi connectivity index (χ3n) is 3.09. The molecule has 1 aliphatic rings. The summed E-state index contributed by atoms with van der Waals surface area (Å²) in [5.41, 5.74) is 2.11. The lowest BCUT2D eigenvalue weighted by molar-refractivity contribution is 0.0637. The number of rotatable bonds is 3. The Morgan fingerprint density at radius 2 is 2.24 bits per heavy atom. The van der Waals surface area contributed by atoms with Gasteiger partial charge in [-0.1, -0.05) is 11.6 Å². The lowest BCUT2D eigenvalue weighted by Crippen LogP contribution is -2.19. The highest BCUT2D eigenvalue weighted by atomic mass is 79.9. The van der Waals surface area contributed by atoms with Crippen LogP contribution in [0.4, 0.5) is 5.69 Å². The molecule has 0 spiro atoms. The molecule has 94 valence electrons. The predicted octanol–water partition coefficient (Wildman–Crippen LogP) is 4.39. The van der Waals surface area contributed by atoms with Crippen molar-refractivity contribution in [2.45, 2.75) is 38.9 Å². The lowest BCUT2D eigenvalue weighted by Gasteiger charge is -2.15. The van der Waals surface area contributed by atoms with E-state index in [1.165, 1.54) is 0 Å². The van der Waals surface area contributed by atoms with Gasteiger partial charge in [0.15, 0.2) is 0 Å². The van der Waals surface area contributed by atoms with Gasteiger partial charge in [-0.05, 0) is 60.3 Å². The maximum atomic E-state index is 6.11. The third kappa shape index (κ3) is 3.36. The van der Waals surface area contributed by atoms with E-state index in [1.54, 1.807) is 0 Å². The topological polar surface area (TPSA) is 21.3 Å². The zero-order valence-electron chi connectivity index (χ0n) is 10.1. The molecule has 0 radical (unpaired) electrons. The van der Waals surface area contributed by atoms with Crippen molar-refractivity contribution in [2.24, 2.45) is 0 Å². The molecule has 0 aromatic heterocycles. The van der Waals surface area contributed by atoms with E-state index in [4.69, 9.17) is 16.3 Å². The summed E-state index contributed by atoms with van der Waals surface area (Å²) in [6.07, 6.45) is 3.00. The summed E-state index contributed by atoms with van der Waals surface area (Å²) in [7, 11) is 0. The number of hydrogen-bond acceptors (Lipinski definition) is 2. The van der Waals surface area contributed by atoms with Crippen LogP contribution in [0, 0.1) is 6.92 Å². The summed E-state index contributed by atoms with van der Waals surface area (Å²) in [5.74, 6) is 0. The Bertz CT molecular complexity index is 411. The second kappa shape index (κ2) is 5.59. The molecule has 0 aliphatic carbocycles. The zero-order valence-corrected chi connectivity index (χ0v) is 12.4. The Kier molecular flexibility index (Phi) is 4.34. The molecule has 2 atom stereocenters. The number of halogens is 2. The second-order valence-electron chi connectivity index (χ2n) is 4.61. The molecule has 1 saturated heterocycles. The van der Waals surface area contributed by atoms with Crippen molar-refractivity contribution in [1.82, 2.24) is 0 Å². The third-order valence-corrected chi connectivity index (χ3v) is 4.15. The number of benzene rings is 1. The van der Waals surface area contributed by atoms with E-state index in [0.717, 1.165) is 40.1 Å². The van der Waals surface area contributed by atoms with Crippen molar-refractivity contribution in [2.75, 3.05) is 11.9 Å². The van der Waals surface area contributed by atoms with Crippen molar-refractivity contribution < 1.29 is 4.74 Å². The van der Waals surface area contributed by atoms with Crippen LogP contribution in [0.3, 0.4) is 0 Å². The fraction of sp³-hybridized carbons (Fsp3) is 0.538. The Morgan fingerprint density at radius 3 is 2.88 bits per heavy atom. The molecule has 0 saturated carbocycles. The first-order valence-corrected chi connectivity index (χ1v) is 7.08. The summed E-state index contributed by atoms with van der Waals surface area (Å²) >= 11 is 9.65. The van der Waals surface area contributed by atoms with Gasteiger partial charge in [-0.25, -0.2) is 0 Å². The smallest absolute Gasteiger partial charge is 0.0751 e. The van der Waals surface area contributed by atoms with Gasteiger partial charge in [0.05, 0.1) is 17.9 Å². The van der Waals surface area contributed by atoms with Gasteiger partial charge >= 0.3 is 0 Å². The molecule has 1 aliphatic heterocycles. The van der Waals surface area contributed by atoms with Crippen LogP contribution in [0.2, 0.25) is 5.02 Å². The summed E-state index contributed by atoms with van der Waals surface area (Å²) in [4.78, 5) is 0. The summed E-state index contributed by atoms with van der Waals surface area (Å²) in [5, 5.41) is 4.18. The van der Waals surface area contributed by atoms with Crippen LogP contribution in [0.15, 0.2) is 16.6 Å². The highest BCUT2D eigenvalue weighted by Crippen LogP contribution is 2.29. The largest absolute Gasteiger partial charge is 0.381 e. The minimum atomic E-state index is 0.317. The number of nitrogens with one attached hydrogen (secondary N) is 1. The van der Waals surface area contributed by atoms with Crippen molar-refractivity contribution in [3.8, 4) is 0 Å². The fourth-order valence-corrected chi connectivity index (χ4v) is 2.80. The van der Waals surface area contributed by atoms with Crippen molar-refractivity contribution in [3.05, 3.63) is 27.2 Å². The number of hydrogen-bond donors (Lipinski definition) is 1. The van der Waals surface area contributed by atoms with Gasteiger partial charge in [0.2, 0.25) is 0 Å². The fourth-order valence-electron chi connectivity index (χ4n) is 2.04. The standard InChI is InChI=1S/C13H17BrClNO/c1-8-5-11(14)13(6-12(8)15)16-7-10-4-3-9(2)17-10/h5-6,9-10,16H,3-4,7H2,1-2H3. The maximum Gasteiger partial charge on any atom is 0.0751 e. The highest BCUT2D eigenvalue weighted by Gasteiger charge is 2.21. The summed E-state index contributed by atoms with van der Waals surface area (Å²) in [6.45, 7) is 4.96. The van der Waals surface area contributed by atoms with Gasteiger partial charge in [0.1, 0.15) is 0 Å². The molecule has 2 nitrogen and oxygen atoms in total. The van der Waals surface area contributed by atoms with E-state index >= 15 is 0 Å². The van der Waals surface area contributed by atoms with Crippen LogP contribution in [0.5, 0.6) is 0 Å². The molecule has 0 amide bonds. The van der Waals surface area contributed by atoms with Crippen LogP contribution < -0.4 is 5.32 Å². The van der Waals surface area contributed by atoms with Crippen LogP contribution in [-0.4, -0.2) is 18.8 Å². The maximum absolute atomic E-state index is 6.11. The molecule has 1 heterocycles. The van der Waals surface area contributed by atoms with E-state index in [-0.39, 0.29) is 0 Å². The number of anilines is 1. The van der Waals surface area contributed by atoms with Crippen molar-refractivity contribution in [1.29, 1.82) is 0 Å². The van der Waals surface area contributed by atoms with Gasteiger partial charge in [0, 0.05) is 16.0 Å². The average molecular weight is 319 g/mol. The first-order valence-electron chi connectivity index (χ1n) is 5.91. The quantitative estimate of drug-likeness (QED) is 0.892. The van der Waals surface area contributed by atoms with Crippen LogP contribution >= 0.6 is 27.5 Å². The molecule has 1 aromatic rings. The van der Waals surface area contributed by atoms with E-state index in [0.29, 0.717) is 12.2 Å². The Balaban J connectivity index is 1.97. The van der Waals surface area contributed by atoms with Gasteiger partial charge in [-0.15, -0.1) is 0 Å². The van der Waals surface area contributed by atoms with E-state index in [2.05, 4.69) is 28.2 Å². The van der Waals surface area contributed by atoms with Crippen molar-refractivity contribution in [3.63, 3.8) is 0 Å². The molecule has 17 heavy (non-hydrogen) atoms. The first-order chi connectivity index (χ1) is 8.06. The second-order valence-corrected chi connectivity index (χ2v) is 5.87. The van der Waals surface area contributed by atoms with Crippen LogP contribution in [0.25, 0.3) is 0 Å². The van der Waals surface area contributed by atoms with Crippen LogP contribution in [-0.2, 0) is 4.74 Å². The van der Waals surface area contributed by atoms with Crippen LogP contribution in [0.1, 0.15) is 25.3 Å². The van der Waals surface area contributed by atoms with Gasteiger partial charge in [-0.2, -0.15) is 0 Å². The zero-order chi connectivity index (χ0) is 12.4. The average Bonchev–Trinajstić information content (AvgIpc) is 2.68. The molecule has 1 fully saturated rings. The normalized spacial score (nSPS) is 24.0. The first kappa shape index (κ1) is 13.2. The number of aryl methyl sites for hydroxylation is 1. The molecule has 4 heteroatoms. The van der Waals surface area contributed by atoms with Gasteiger partial charge < -0.3 is 10.1 Å². The van der Waals surface area contributed by atoms with E-state index < -0.39 is 0 Å². The SMILES string of the molecule is Cc1cc(Br)c(NCC2CCC(C)O2)cc1Cl. The molecule has 1 aromatic carbocycles. The van der Waals surface area contributed by atoms with Gasteiger partial charge in [-0.3, -0.25) is 0 Å². The monoisotopic (exact) mass is 317 g/mol. The Labute approximate surface area is 116 Å². The molecule has 0 bridgehead atoms. The lowest BCUT2D eigenvalue weighted by atomic mass is 10.2. The summed E-state index contributed by atoms with van der Waals surface area (Å²) < 4.78 is 6.81. The number of ether oxygens (including phenoxy) is 1. The molecular formula is C13H17BrClNO. The Hall–Kier alpha value is -0.250. The minimum Gasteiger partial charge on any atom is -0.381 e. The Morgan fingerprint density at radius 1 is 1.47 bits per heavy atom. The van der Waals surface area contributed by atoms with E-state index in [1.807, 2.05) is 19.1 Å². The summed E-state index contributed by atoms with van der Waals surface area (Å²) in [6, 6.07) is 3.99. The van der Waals surface area contributed by atoms with Gasteiger partial charge in [0.25, 0.3) is 0 Å². The van der Waals surface area contributed by atoms with E-state index in [9.17, 15) is 0 Å². The molecule has 1 N–H and O–H groups in total. The van der Waals surface area contributed by atoms with Crippen molar-refractivity contribution >= 4 is 33.2 Å². The molecular weight excluding hydrogens is 302 g/mol. The molecule has 2 unspecified atom stereocenters. The molecule has 2 rings (SSSR count). The minimum absolute atomic E-state index is 0.317.